The summed E-state index contributed by atoms with van der Waals surface area (Å²) >= 11 is 0. The van der Waals surface area contributed by atoms with Gasteiger partial charge in [0.25, 0.3) is 0 Å². The zero-order valence-corrected chi connectivity index (χ0v) is 11.0. The maximum Gasteiger partial charge on any atom is 0.311 e. The maximum absolute atomic E-state index is 11.3. The first-order valence-corrected chi connectivity index (χ1v) is 6.10. The Labute approximate surface area is 107 Å². The summed E-state index contributed by atoms with van der Waals surface area (Å²) in [7, 11) is 1.40. The van der Waals surface area contributed by atoms with E-state index in [2.05, 4.69) is 34.8 Å². The zero-order chi connectivity index (χ0) is 13.1. The van der Waals surface area contributed by atoms with E-state index in [9.17, 15) is 4.79 Å². The van der Waals surface area contributed by atoms with Gasteiger partial charge < -0.3 is 4.74 Å². The van der Waals surface area contributed by atoms with Gasteiger partial charge in [-0.05, 0) is 30.5 Å². The zero-order valence-electron chi connectivity index (χ0n) is 11.0. The molecule has 0 amide bonds. The van der Waals surface area contributed by atoms with E-state index in [1.54, 1.807) is 0 Å². The number of esters is 1. The van der Waals surface area contributed by atoms with Crippen LogP contribution in [0.15, 0.2) is 24.3 Å². The topological polar surface area (TPSA) is 39.2 Å². The van der Waals surface area contributed by atoms with Gasteiger partial charge in [-0.25, -0.2) is 0 Å². The third-order valence-corrected chi connectivity index (χ3v) is 3.12. The summed E-state index contributed by atoms with van der Waals surface area (Å²) in [6.45, 7) is 4.16. The van der Waals surface area contributed by atoms with E-state index in [0.29, 0.717) is 0 Å². The molecule has 1 heterocycles. The normalized spacial score (nSPS) is 10.6. The second-order valence-corrected chi connectivity index (χ2v) is 4.35. The van der Waals surface area contributed by atoms with E-state index < -0.39 is 0 Å². The molecule has 1 aromatic heterocycles. The Kier molecular flexibility index (Phi) is 3.60. The highest BCUT2D eigenvalue weighted by Crippen LogP contribution is 2.22. The molecule has 0 saturated carbocycles. The average Bonchev–Trinajstić information content (AvgIpc) is 2.38. The predicted molar refractivity (Wildman–Crippen MR) is 71.6 cm³/mol. The summed E-state index contributed by atoms with van der Waals surface area (Å²) in [5.41, 5.74) is 4.13. The number of para-hydroxylation sites is 1. The van der Waals surface area contributed by atoms with Crippen LogP contribution in [-0.4, -0.2) is 18.1 Å². The van der Waals surface area contributed by atoms with E-state index in [4.69, 9.17) is 0 Å². The number of carbonyl (C=O) groups excluding carboxylic acids is 1. The van der Waals surface area contributed by atoms with Crippen molar-refractivity contribution in [3.63, 3.8) is 0 Å². The number of benzene rings is 1. The Bertz CT molecular complexity index is 590. The molecule has 0 fully saturated rings. The summed E-state index contributed by atoms with van der Waals surface area (Å²) in [5, 5.41) is 1.16. The van der Waals surface area contributed by atoms with E-state index in [1.807, 2.05) is 13.0 Å². The lowest BCUT2D eigenvalue weighted by atomic mass is 10.0. The van der Waals surface area contributed by atoms with Gasteiger partial charge >= 0.3 is 5.97 Å². The van der Waals surface area contributed by atoms with Crippen LogP contribution in [0, 0.1) is 6.92 Å². The number of nitrogens with zero attached hydrogens (tertiary/aromatic N) is 1. The highest BCUT2D eigenvalue weighted by Gasteiger charge is 2.09. The summed E-state index contributed by atoms with van der Waals surface area (Å²) in [6, 6.07) is 8.16. The molecular weight excluding hydrogens is 226 g/mol. The molecule has 94 valence electrons. The Morgan fingerprint density at radius 2 is 2.17 bits per heavy atom. The molecule has 0 N–H and O–H groups in total. The van der Waals surface area contributed by atoms with Crippen molar-refractivity contribution in [3.8, 4) is 0 Å². The van der Waals surface area contributed by atoms with Gasteiger partial charge in [0.15, 0.2) is 0 Å². The minimum atomic E-state index is -0.254. The van der Waals surface area contributed by atoms with Crippen molar-refractivity contribution in [1.82, 2.24) is 4.98 Å². The van der Waals surface area contributed by atoms with E-state index >= 15 is 0 Å². The highest BCUT2D eigenvalue weighted by molar-refractivity contribution is 5.85. The first-order valence-electron chi connectivity index (χ1n) is 6.10. The van der Waals surface area contributed by atoms with Gasteiger partial charge in [-0.1, -0.05) is 25.1 Å². The second kappa shape index (κ2) is 5.17. The van der Waals surface area contributed by atoms with Gasteiger partial charge in [0, 0.05) is 5.39 Å². The van der Waals surface area contributed by atoms with Crippen LogP contribution < -0.4 is 0 Å². The van der Waals surface area contributed by atoms with Crippen LogP contribution in [0.2, 0.25) is 0 Å². The number of fused-ring (bicyclic) bond motifs is 1. The molecule has 0 aliphatic rings. The number of aryl methyl sites for hydroxylation is 2. The van der Waals surface area contributed by atoms with Crippen molar-refractivity contribution in [2.45, 2.75) is 26.7 Å². The largest absolute Gasteiger partial charge is 0.469 e. The summed E-state index contributed by atoms with van der Waals surface area (Å²) in [6.07, 6.45) is 1.16. The van der Waals surface area contributed by atoms with Gasteiger partial charge in [0.2, 0.25) is 0 Å². The number of carbonyl (C=O) groups is 1. The Morgan fingerprint density at radius 3 is 2.83 bits per heavy atom. The number of rotatable bonds is 3. The fraction of sp³-hybridized carbons (Fsp3) is 0.333. The second-order valence-electron chi connectivity index (χ2n) is 4.35. The van der Waals surface area contributed by atoms with Crippen LogP contribution >= 0.6 is 0 Å². The number of hydrogen-bond donors (Lipinski definition) is 0. The lowest BCUT2D eigenvalue weighted by Gasteiger charge is -2.09. The molecule has 0 saturated heterocycles. The molecule has 0 bridgehead atoms. The van der Waals surface area contributed by atoms with Crippen molar-refractivity contribution in [1.29, 1.82) is 0 Å². The van der Waals surface area contributed by atoms with Gasteiger partial charge in [-0.2, -0.15) is 0 Å². The first kappa shape index (κ1) is 12.6. The minimum absolute atomic E-state index is 0.228. The molecule has 0 aliphatic heterocycles. The van der Waals surface area contributed by atoms with E-state index in [0.717, 1.165) is 28.6 Å². The fourth-order valence-corrected chi connectivity index (χ4v) is 2.14. The number of pyridine rings is 1. The van der Waals surface area contributed by atoms with Gasteiger partial charge in [-0.3, -0.25) is 9.78 Å². The fourth-order valence-electron chi connectivity index (χ4n) is 2.14. The molecule has 3 nitrogen and oxygen atoms in total. The smallest absolute Gasteiger partial charge is 0.311 e. The summed E-state index contributed by atoms with van der Waals surface area (Å²) in [5.74, 6) is -0.254. The molecule has 0 spiro atoms. The van der Waals surface area contributed by atoms with Crippen molar-refractivity contribution < 1.29 is 9.53 Å². The summed E-state index contributed by atoms with van der Waals surface area (Å²) in [4.78, 5) is 15.9. The average molecular weight is 243 g/mol. The van der Waals surface area contributed by atoms with Gasteiger partial charge in [0.05, 0.1) is 24.7 Å². The number of ether oxygens (including phenoxy) is 1. The third-order valence-electron chi connectivity index (χ3n) is 3.12. The number of hydrogen-bond acceptors (Lipinski definition) is 3. The molecule has 2 rings (SSSR count). The van der Waals surface area contributed by atoms with Crippen LogP contribution in [0.3, 0.4) is 0 Å². The Hall–Kier alpha value is -1.90. The quantitative estimate of drug-likeness (QED) is 0.778. The predicted octanol–water partition coefficient (Wildman–Crippen LogP) is 2.82. The van der Waals surface area contributed by atoms with Gasteiger partial charge in [0.1, 0.15) is 0 Å². The van der Waals surface area contributed by atoms with Crippen LogP contribution in [0.4, 0.5) is 0 Å². The monoisotopic (exact) mass is 243 g/mol. The molecule has 0 atom stereocenters. The molecular formula is C15H17NO2. The Morgan fingerprint density at radius 1 is 1.39 bits per heavy atom. The minimum Gasteiger partial charge on any atom is -0.469 e. The molecule has 0 aliphatic carbocycles. The van der Waals surface area contributed by atoms with Crippen LogP contribution in [-0.2, 0) is 22.4 Å². The molecule has 1 aromatic carbocycles. The van der Waals surface area contributed by atoms with Crippen molar-refractivity contribution in [2.24, 2.45) is 0 Å². The third kappa shape index (κ3) is 2.35. The lowest BCUT2D eigenvalue weighted by molar-refractivity contribution is -0.139. The Balaban J connectivity index is 2.55. The van der Waals surface area contributed by atoms with Crippen LogP contribution in [0.1, 0.15) is 23.7 Å². The van der Waals surface area contributed by atoms with E-state index in [1.165, 1.54) is 12.7 Å². The van der Waals surface area contributed by atoms with Crippen molar-refractivity contribution >= 4 is 16.9 Å². The van der Waals surface area contributed by atoms with Crippen molar-refractivity contribution in [3.05, 3.63) is 41.1 Å². The highest BCUT2D eigenvalue weighted by atomic mass is 16.5. The molecule has 0 radical (unpaired) electrons. The van der Waals surface area contributed by atoms with E-state index in [-0.39, 0.29) is 12.4 Å². The first-order chi connectivity index (χ1) is 8.65. The standard InChI is InChI=1S/C15H17NO2/c1-4-11-6-5-7-13-10(2)8-12(16-15(11)13)9-14(17)18-3/h5-8H,4,9H2,1-3H3. The maximum atomic E-state index is 11.3. The lowest BCUT2D eigenvalue weighted by Crippen LogP contribution is -2.07. The molecule has 0 unspecified atom stereocenters. The van der Waals surface area contributed by atoms with Crippen molar-refractivity contribution in [2.75, 3.05) is 7.11 Å². The number of methoxy groups -OCH3 is 1. The number of aromatic nitrogens is 1. The van der Waals surface area contributed by atoms with Gasteiger partial charge in [-0.15, -0.1) is 0 Å². The summed E-state index contributed by atoms with van der Waals surface area (Å²) < 4.78 is 4.68. The SMILES string of the molecule is CCc1cccc2c(C)cc(CC(=O)OC)nc12. The van der Waals surface area contributed by atoms with Crippen LogP contribution in [0.5, 0.6) is 0 Å². The molecule has 3 heteroatoms. The molecule has 2 aromatic rings. The van der Waals surface area contributed by atoms with Crippen LogP contribution in [0.25, 0.3) is 10.9 Å². The molecule has 18 heavy (non-hydrogen) atoms.